The Morgan fingerprint density at radius 1 is 1.24 bits per heavy atom. The summed E-state index contributed by atoms with van der Waals surface area (Å²) in [5.41, 5.74) is 6.50. The lowest BCUT2D eigenvalue weighted by molar-refractivity contribution is -0.198. The molecule has 0 bridgehead atoms. The number of carbonyl (C=O) groups excluding carboxylic acids is 1. The number of alkyl halides is 3. The molecule has 34 heavy (non-hydrogen) atoms. The predicted octanol–water partition coefficient (Wildman–Crippen LogP) is 1.41. The maximum atomic E-state index is 13.7. The van der Waals surface area contributed by atoms with Gasteiger partial charge in [-0.05, 0) is 56.9 Å². The minimum absolute atomic E-state index is 0.0151. The number of halogens is 3. The number of ether oxygens (including phenoxy) is 1. The van der Waals surface area contributed by atoms with Crippen molar-refractivity contribution in [1.82, 2.24) is 31.3 Å². The number of hydrogen-bond acceptors (Lipinski definition) is 7. The van der Waals surface area contributed by atoms with Crippen molar-refractivity contribution in [2.75, 3.05) is 33.5 Å². The zero-order valence-electron chi connectivity index (χ0n) is 20.1. The lowest BCUT2D eigenvalue weighted by atomic mass is 9.73. The van der Waals surface area contributed by atoms with Crippen LogP contribution in [0.5, 0.6) is 0 Å². The third-order valence-electron chi connectivity index (χ3n) is 8.93. The van der Waals surface area contributed by atoms with Crippen LogP contribution in [0.2, 0.25) is 0 Å². The Morgan fingerprint density at radius 3 is 2.68 bits per heavy atom. The first-order valence-electron chi connectivity index (χ1n) is 12.9. The third-order valence-corrected chi connectivity index (χ3v) is 8.93. The summed E-state index contributed by atoms with van der Waals surface area (Å²) in [6.07, 6.45) is -0.346. The van der Waals surface area contributed by atoms with Gasteiger partial charge in [0.2, 0.25) is 5.91 Å². The number of nitrogens with zero attached hydrogens (tertiary/aromatic N) is 2. The maximum absolute atomic E-state index is 13.7. The molecule has 0 radical (unpaired) electrons. The van der Waals surface area contributed by atoms with Gasteiger partial charge in [0, 0.05) is 12.5 Å². The molecule has 7 unspecified atom stereocenters. The largest absolute Gasteiger partial charge is 0.392 e. The van der Waals surface area contributed by atoms with Gasteiger partial charge in [0.25, 0.3) is 0 Å². The zero-order chi connectivity index (χ0) is 24.0. The molecule has 4 heterocycles. The Bertz CT molecular complexity index is 738. The van der Waals surface area contributed by atoms with Crippen LogP contribution in [0.3, 0.4) is 0 Å². The second-order valence-corrected chi connectivity index (χ2v) is 11.2. The number of piperidine rings is 1. The van der Waals surface area contributed by atoms with Gasteiger partial charge in [0.05, 0.1) is 50.3 Å². The minimum atomic E-state index is -4.24. The van der Waals surface area contributed by atoms with Gasteiger partial charge in [-0.2, -0.15) is 13.2 Å². The Labute approximate surface area is 199 Å². The smallest absolute Gasteiger partial charge is 0.378 e. The van der Waals surface area contributed by atoms with E-state index in [9.17, 15) is 18.0 Å². The molecule has 194 valence electrons. The van der Waals surface area contributed by atoms with Crippen LogP contribution in [0, 0.1) is 29.6 Å². The molecule has 0 aromatic rings. The van der Waals surface area contributed by atoms with Crippen LogP contribution in [-0.4, -0.2) is 79.9 Å². The summed E-state index contributed by atoms with van der Waals surface area (Å²) < 4.78 is 46.5. The summed E-state index contributed by atoms with van der Waals surface area (Å²) in [6, 6.07) is 0.283. The van der Waals surface area contributed by atoms with Crippen LogP contribution in [0.25, 0.3) is 0 Å². The Kier molecular flexibility index (Phi) is 7.13. The zero-order valence-corrected chi connectivity index (χ0v) is 20.1. The van der Waals surface area contributed by atoms with Gasteiger partial charge in [-0.3, -0.25) is 20.3 Å². The topological polar surface area (TPSA) is 80.9 Å². The van der Waals surface area contributed by atoms with E-state index in [1.165, 1.54) is 0 Å². The van der Waals surface area contributed by atoms with Gasteiger partial charge in [0.15, 0.2) is 0 Å². The average Bonchev–Trinajstić information content (AvgIpc) is 3.32. The highest BCUT2D eigenvalue weighted by Gasteiger charge is 2.56. The average molecular weight is 489 g/mol. The summed E-state index contributed by atoms with van der Waals surface area (Å²) in [5.74, 6) is -1.81. The number of fused-ring (bicyclic) bond motifs is 1. The number of likely N-dealkylation sites (tertiary alicyclic amines) is 1. The van der Waals surface area contributed by atoms with E-state index in [1.807, 2.05) is 0 Å². The van der Waals surface area contributed by atoms with Crippen LogP contribution in [0.4, 0.5) is 13.2 Å². The van der Waals surface area contributed by atoms with E-state index in [0.717, 1.165) is 25.9 Å². The molecule has 5 rings (SSSR count). The number of hydrogen-bond donors (Lipinski definition) is 4. The van der Waals surface area contributed by atoms with Crippen LogP contribution in [0.1, 0.15) is 45.4 Å². The fourth-order valence-corrected chi connectivity index (χ4v) is 6.81. The van der Waals surface area contributed by atoms with Crippen LogP contribution in [-0.2, 0) is 9.53 Å². The first-order chi connectivity index (χ1) is 16.2. The van der Waals surface area contributed by atoms with Crippen molar-refractivity contribution in [3.63, 3.8) is 0 Å². The van der Waals surface area contributed by atoms with Gasteiger partial charge in [0.1, 0.15) is 0 Å². The SMILES string of the molecule is C[C@H](CC1NNCN1C)C1CC(NC2COC2)NC(N2CC3C(CCCC3C(F)(F)F)C2=O)C1. The van der Waals surface area contributed by atoms with Crippen molar-refractivity contribution in [3.05, 3.63) is 0 Å². The molecule has 0 aromatic carbocycles. The van der Waals surface area contributed by atoms with Gasteiger partial charge < -0.3 is 9.64 Å². The van der Waals surface area contributed by atoms with Crippen LogP contribution < -0.4 is 21.5 Å². The van der Waals surface area contributed by atoms with Crippen molar-refractivity contribution in [2.45, 2.75) is 76.2 Å². The minimum Gasteiger partial charge on any atom is -0.378 e. The molecule has 1 saturated carbocycles. The Hall–Kier alpha value is -0.980. The lowest BCUT2D eigenvalue weighted by Crippen LogP contribution is -2.63. The van der Waals surface area contributed by atoms with Gasteiger partial charge in [-0.15, -0.1) is 0 Å². The molecule has 0 spiro atoms. The fourth-order valence-electron chi connectivity index (χ4n) is 6.81. The maximum Gasteiger partial charge on any atom is 0.392 e. The van der Waals surface area contributed by atoms with Crippen LogP contribution in [0.15, 0.2) is 0 Å². The second-order valence-electron chi connectivity index (χ2n) is 11.2. The molecule has 1 amide bonds. The van der Waals surface area contributed by atoms with Crippen molar-refractivity contribution in [2.24, 2.45) is 29.6 Å². The standard InChI is InChI=1S/C23H39F3N6O2/c1-13(6-21-30-27-12-31(21)2)14-7-19(28-15-10-34-11-15)29-20(8-14)32-9-17-16(22(32)33)4-3-5-18(17)23(24,25)26/h13-21,27-30H,3-12H2,1-2H3/t13-,14?,16?,17?,18?,19?,20?,21?/m1/s1. The number of rotatable bonds is 6. The monoisotopic (exact) mass is 488 g/mol. The molecule has 5 aliphatic rings. The lowest BCUT2D eigenvalue weighted by Gasteiger charge is -2.45. The van der Waals surface area contributed by atoms with Crippen molar-refractivity contribution in [3.8, 4) is 0 Å². The molecule has 1 aliphatic carbocycles. The molecule has 11 heteroatoms. The molecule has 4 aliphatic heterocycles. The molecule has 8 nitrogen and oxygen atoms in total. The van der Waals surface area contributed by atoms with E-state index in [-0.39, 0.29) is 43.4 Å². The molecular weight excluding hydrogens is 449 g/mol. The molecule has 4 N–H and O–H groups in total. The fraction of sp³-hybridized carbons (Fsp3) is 0.957. The normalized spacial score (nSPS) is 40.9. The van der Waals surface area contributed by atoms with Crippen molar-refractivity contribution < 1.29 is 22.7 Å². The predicted molar refractivity (Wildman–Crippen MR) is 120 cm³/mol. The molecular formula is C23H39F3N6O2. The quantitative estimate of drug-likeness (QED) is 0.450. The number of carbonyl (C=O) groups is 1. The summed E-state index contributed by atoms with van der Waals surface area (Å²) in [6.45, 7) is 4.61. The highest BCUT2D eigenvalue weighted by molar-refractivity contribution is 5.82. The molecule has 5 fully saturated rings. The van der Waals surface area contributed by atoms with Crippen molar-refractivity contribution >= 4 is 5.91 Å². The molecule has 4 saturated heterocycles. The highest BCUT2D eigenvalue weighted by atomic mass is 19.4. The number of nitrogens with one attached hydrogen (secondary N) is 4. The first-order valence-corrected chi connectivity index (χ1v) is 12.9. The summed E-state index contributed by atoms with van der Waals surface area (Å²) in [7, 11) is 2.08. The summed E-state index contributed by atoms with van der Waals surface area (Å²) in [5, 5.41) is 7.21. The Morgan fingerprint density at radius 2 is 2.03 bits per heavy atom. The van der Waals surface area contributed by atoms with E-state index in [2.05, 4.69) is 40.4 Å². The number of amides is 1. The van der Waals surface area contributed by atoms with E-state index in [0.29, 0.717) is 37.9 Å². The first kappa shape index (κ1) is 24.7. The van der Waals surface area contributed by atoms with E-state index in [1.54, 1.807) is 4.90 Å². The summed E-state index contributed by atoms with van der Waals surface area (Å²) >= 11 is 0. The van der Waals surface area contributed by atoms with E-state index < -0.39 is 23.9 Å². The van der Waals surface area contributed by atoms with E-state index in [4.69, 9.17) is 4.74 Å². The summed E-state index contributed by atoms with van der Waals surface area (Å²) in [4.78, 5) is 17.4. The van der Waals surface area contributed by atoms with Crippen molar-refractivity contribution in [1.29, 1.82) is 0 Å². The van der Waals surface area contributed by atoms with Gasteiger partial charge >= 0.3 is 6.18 Å². The van der Waals surface area contributed by atoms with Gasteiger partial charge in [-0.1, -0.05) is 13.3 Å². The molecule has 8 atom stereocenters. The third kappa shape index (κ3) is 4.97. The highest BCUT2D eigenvalue weighted by Crippen LogP contribution is 2.48. The molecule has 0 aromatic heterocycles. The van der Waals surface area contributed by atoms with Crippen LogP contribution >= 0.6 is 0 Å². The second kappa shape index (κ2) is 9.82. The van der Waals surface area contributed by atoms with E-state index >= 15 is 0 Å². The Balaban J connectivity index is 1.30. The van der Waals surface area contributed by atoms with Gasteiger partial charge in [-0.25, -0.2) is 10.9 Å². The number of hydrazine groups is 1.